The average molecular weight is 179 g/mol. The van der Waals surface area contributed by atoms with Crippen LogP contribution >= 0.6 is 0 Å². The molecule has 1 heterocycles. The minimum atomic E-state index is 0.455. The molecule has 1 saturated carbocycles. The number of hydrogen-bond acceptors (Lipinski definition) is 2. The first-order valence-corrected chi connectivity index (χ1v) is 5.00. The minimum absolute atomic E-state index is 0.455. The van der Waals surface area contributed by atoms with Gasteiger partial charge in [-0.05, 0) is 32.8 Å². The predicted octanol–water partition coefficient (Wildman–Crippen LogP) is 1.80. The van der Waals surface area contributed by atoms with Crippen LogP contribution in [0.4, 0.5) is 0 Å². The highest BCUT2D eigenvalue weighted by molar-refractivity contribution is 5.19. The number of nitrogens with two attached hydrogens (primary N) is 1. The maximum absolute atomic E-state index is 5.58. The third kappa shape index (κ3) is 1.61. The first-order chi connectivity index (χ1) is 6.22. The fourth-order valence-corrected chi connectivity index (χ4v) is 1.66. The van der Waals surface area contributed by atoms with Gasteiger partial charge in [0.1, 0.15) is 0 Å². The van der Waals surface area contributed by atoms with Gasteiger partial charge >= 0.3 is 0 Å². The number of nitrogens with zero attached hydrogens (tertiary/aromatic N) is 2. The molecular formula is C10H17N3. The lowest BCUT2D eigenvalue weighted by Crippen LogP contribution is -2.07. The van der Waals surface area contributed by atoms with Crippen LogP contribution in [-0.4, -0.2) is 9.78 Å². The van der Waals surface area contributed by atoms with Gasteiger partial charge in [0.05, 0.1) is 5.69 Å². The first-order valence-electron chi connectivity index (χ1n) is 5.00. The summed E-state index contributed by atoms with van der Waals surface area (Å²) in [6, 6.07) is 2.62. The molecule has 72 valence electrons. The lowest BCUT2D eigenvalue weighted by atomic mass is 10.2. The topological polar surface area (TPSA) is 43.8 Å². The zero-order chi connectivity index (χ0) is 9.42. The van der Waals surface area contributed by atoms with Crippen LogP contribution in [0.5, 0.6) is 0 Å². The molecule has 0 aromatic carbocycles. The van der Waals surface area contributed by atoms with E-state index in [4.69, 9.17) is 5.73 Å². The van der Waals surface area contributed by atoms with Crippen molar-refractivity contribution in [2.45, 2.75) is 45.2 Å². The summed E-state index contributed by atoms with van der Waals surface area (Å²) in [6.07, 6.45) is 2.64. The van der Waals surface area contributed by atoms with E-state index >= 15 is 0 Å². The van der Waals surface area contributed by atoms with Crippen molar-refractivity contribution < 1.29 is 0 Å². The summed E-state index contributed by atoms with van der Waals surface area (Å²) in [5.41, 5.74) is 7.99. The lowest BCUT2D eigenvalue weighted by Gasteiger charge is -2.09. The van der Waals surface area contributed by atoms with Gasteiger partial charge in [0.2, 0.25) is 0 Å². The van der Waals surface area contributed by atoms with Crippen molar-refractivity contribution in [3.63, 3.8) is 0 Å². The van der Waals surface area contributed by atoms with E-state index < -0.39 is 0 Å². The SMILES string of the molecule is CC(C)n1nc(CN)cc1C1CC1. The molecule has 0 aliphatic heterocycles. The third-order valence-corrected chi connectivity index (χ3v) is 2.51. The van der Waals surface area contributed by atoms with Crippen molar-refractivity contribution in [3.05, 3.63) is 17.5 Å². The highest BCUT2D eigenvalue weighted by Gasteiger charge is 2.28. The molecule has 13 heavy (non-hydrogen) atoms. The van der Waals surface area contributed by atoms with Crippen molar-refractivity contribution in [1.82, 2.24) is 9.78 Å². The summed E-state index contributed by atoms with van der Waals surface area (Å²) < 4.78 is 2.12. The molecule has 2 N–H and O–H groups in total. The molecule has 0 amide bonds. The van der Waals surface area contributed by atoms with E-state index in [2.05, 4.69) is 29.7 Å². The van der Waals surface area contributed by atoms with Gasteiger partial charge in [0, 0.05) is 24.2 Å². The van der Waals surface area contributed by atoms with Crippen molar-refractivity contribution in [3.8, 4) is 0 Å². The molecule has 1 fully saturated rings. The Bertz CT molecular complexity index is 278. The second-order valence-corrected chi connectivity index (χ2v) is 4.08. The van der Waals surface area contributed by atoms with Crippen LogP contribution in [0.3, 0.4) is 0 Å². The summed E-state index contributed by atoms with van der Waals surface area (Å²) >= 11 is 0. The predicted molar refractivity (Wildman–Crippen MR) is 52.5 cm³/mol. The van der Waals surface area contributed by atoms with Crippen molar-refractivity contribution in [2.75, 3.05) is 0 Å². The van der Waals surface area contributed by atoms with Crippen LogP contribution < -0.4 is 5.73 Å². The number of rotatable bonds is 3. The van der Waals surface area contributed by atoms with E-state index in [1.807, 2.05) is 0 Å². The quantitative estimate of drug-likeness (QED) is 0.769. The molecule has 0 bridgehead atoms. The summed E-state index contributed by atoms with van der Waals surface area (Å²) in [4.78, 5) is 0. The van der Waals surface area contributed by atoms with Crippen molar-refractivity contribution >= 4 is 0 Å². The molecule has 3 nitrogen and oxygen atoms in total. The van der Waals surface area contributed by atoms with Gasteiger partial charge in [-0.2, -0.15) is 5.10 Å². The van der Waals surface area contributed by atoms with Crippen LogP contribution in [-0.2, 0) is 6.54 Å². The molecule has 1 aliphatic rings. The molecule has 3 heteroatoms. The smallest absolute Gasteiger partial charge is 0.0763 e. The molecule has 1 aromatic rings. The largest absolute Gasteiger partial charge is 0.325 e. The van der Waals surface area contributed by atoms with Gasteiger partial charge < -0.3 is 5.73 Å². The van der Waals surface area contributed by atoms with Gasteiger partial charge in [-0.1, -0.05) is 0 Å². The normalized spacial score (nSPS) is 16.9. The molecule has 0 unspecified atom stereocenters. The molecule has 1 aliphatic carbocycles. The number of hydrogen-bond donors (Lipinski definition) is 1. The van der Waals surface area contributed by atoms with Gasteiger partial charge in [0.15, 0.2) is 0 Å². The Morgan fingerprint density at radius 2 is 2.31 bits per heavy atom. The average Bonchev–Trinajstić information content (AvgIpc) is 2.84. The maximum atomic E-state index is 5.58. The van der Waals surface area contributed by atoms with E-state index in [0.29, 0.717) is 12.6 Å². The zero-order valence-corrected chi connectivity index (χ0v) is 8.33. The van der Waals surface area contributed by atoms with Crippen LogP contribution in [0.25, 0.3) is 0 Å². The summed E-state index contributed by atoms with van der Waals surface area (Å²) in [7, 11) is 0. The Kier molecular flexibility index (Phi) is 2.12. The molecule has 2 rings (SSSR count). The van der Waals surface area contributed by atoms with Gasteiger partial charge in [-0.25, -0.2) is 0 Å². The van der Waals surface area contributed by atoms with Gasteiger partial charge in [-0.15, -0.1) is 0 Å². The first kappa shape index (κ1) is 8.75. The summed E-state index contributed by atoms with van der Waals surface area (Å²) in [5.74, 6) is 0.759. The molecular weight excluding hydrogens is 162 g/mol. The number of aromatic nitrogens is 2. The molecule has 0 spiro atoms. The Labute approximate surface area is 78.9 Å². The molecule has 0 atom stereocenters. The van der Waals surface area contributed by atoms with Crippen LogP contribution in [0.2, 0.25) is 0 Å². The summed E-state index contributed by atoms with van der Waals surface area (Å²) in [5, 5.41) is 4.48. The zero-order valence-electron chi connectivity index (χ0n) is 8.33. The van der Waals surface area contributed by atoms with Crippen LogP contribution in [0.1, 0.15) is 50.0 Å². The molecule has 1 aromatic heterocycles. The highest BCUT2D eigenvalue weighted by atomic mass is 15.3. The second-order valence-electron chi connectivity index (χ2n) is 4.08. The minimum Gasteiger partial charge on any atom is -0.325 e. The molecule has 0 saturated heterocycles. The second kappa shape index (κ2) is 3.14. The monoisotopic (exact) mass is 179 g/mol. The lowest BCUT2D eigenvalue weighted by molar-refractivity contribution is 0.505. The van der Waals surface area contributed by atoms with E-state index in [-0.39, 0.29) is 0 Å². The van der Waals surface area contributed by atoms with Gasteiger partial charge in [-0.3, -0.25) is 4.68 Å². The van der Waals surface area contributed by atoms with Gasteiger partial charge in [0.25, 0.3) is 0 Å². The highest BCUT2D eigenvalue weighted by Crippen LogP contribution is 2.40. The van der Waals surface area contributed by atoms with E-state index in [1.54, 1.807) is 0 Å². The van der Waals surface area contributed by atoms with E-state index in [9.17, 15) is 0 Å². The van der Waals surface area contributed by atoms with E-state index in [0.717, 1.165) is 11.6 Å². The van der Waals surface area contributed by atoms with Crippen LogP contribution in [0.15, 0.2) is 6.07 Å². The Morgan fingerprint density at radius 1 is 1.62 bits per heavy atom. The maximum Gasteiger partial charge on any atom is 0.0763 e. The van der Waals surface area contributed by atoms with Crippen molar-refractivity contribution in [1.29, 1.82) is 0 Å². The Morgan fingerprint density at radius 3 is 2.77 bits per heavy atom. The molecule has 0 radical (unpaired) electrons. The third-order valence-electron chi connectivity index (χ3n) is 2.51. The van der Waals surface area contributed by atoms with Crippen LogP contribution in [0, 0.1) is 0 Å². The standard InChI is InChI=1S/C10H17N3/c1-7(2)13-10(8-3-4-8)5-9(6-11)12-13/h5,7-8H,3-4,6,11H2,1-2H3. The van der Waals surface area contributed by atoms with E-state index in [1.165, 1.54) is 18.5 Å². The Balaban J connectivity index is 2.33. The van der Waals surface area contributed by atoms with Crippen molar-refractivity contribution in [2.24, 2.45) is 5.73 Å². The Hall–Kier alpha value is -0.830. The fourth-order valence-electron chi connectivity index (χ4n) is 1.66. The summed E-state index contributed by atoms with van der Waals surface area (Å²) in [6.45, 7) is 4.89. The fraction of sp³-hybridized carbons (Fsp3) is 0.700.